The van der Waals surface area contributed by atoms with Crippen molar-refractivity contribution >= 4 is 5.91 Å². The highest BCUT2D eigenvalue weighted by Crippen LogP contribution is 2.14. The van der Waals surface area contributed by atoms with Gasteiger partial charge in [-0.3, -0.25) is 9.89 Å². The molecule has 0 saturated heterocycles. The predicted octanol–water partition coefficient (Wildman–Crippen LogP) is 2.00. The Bertz CT molecular complexity index is 577. The van der Waals surface area contributed by atoms with E-state index < -0.39 is 0 Å². The Morgan fingerprint density at radius 2 is 2.05 bits per heavy atom. The minimum absolute atomic E-state index is 0.0597. The average Bonchev–Trinajstić information content (AvgIpc) is 2.96. The average molecular weight is 286 g/mol. The fourth-order valence-corrected chi connectivity index (χ4v) is 2.18. The summed E-state index contributed by atoms with van der Waals surface area (Å²) in [7, 11) is 3.98. The number of aromatic nitrogens is 2. The van der Waals surface area contributed by atoms with Crippen LogP contribution in [0.25, 0.3) is 0 Å². The second-order valence-electron chi connectivity index (χ2n) is 5.33. The lowest BCUT2D eigenvalue weighted by molar-refractivity contribution is 0.0925. The van der Waals surface area contributed by atoms with Crippen molar-refractivity contribution < 1.29 is 4.79 Å². The standard InChI is InChI=1S/C16H22N4O/c1-4-13-10-14(19-18-13)16(21)17-15(11-20(2)3)12-8-6-5-7-9-12/h5-10,15H,4,11H2,1-3H3,(H,17,21)(H,18,19). The molecule has 5 nitrogen and oxygen atoms in total. The van der Waals surface area contributed by atoms with E-state index >= 15 is 0 Å². The quantitative estimate of drug-likeness (QED) is 0.854. The summed E-state index contributed by atoms with van der Waals surface area (Å²) in [5.41, 5.74) is 2.49. The molecule has 1 aromatic carbocycles. The number of nitrogens with one attached hydrogen (secondary N) is 2. The fraction of sp³-hybridized carbons (Fsp3) is 0.375. The third kappa shape index (κ3) is 4.16. The third-order valence-corrected chi connectivity index (χ3v) is 3.30. The van der Waals surface area contributed by atoms with Gasteiger partial charge >= 0.3 is 0 Å². The van der Waals surface area contributed by atoms with Crippen LogP contribution in [0.1, 0.15) is 34.7 Å². The summed E-state index contributed by atoms with van der Waals surface area (Å²) in [6.07, 6.45) is 0.833. The molecule has 0 radical (unpaired) electrons. The van der Waals surface area contributed by atoms with E-state index in [4.69, 9.17) is 0 Å². The molecule has 2 rings (SSSR count). The van der Waals surface area contributed by atoms with Crippen molar-refractivity contribution in [2.75, 3.05) is 20.6 Å². The van der Waals surface area contributed by atoms with Crippen LogP contribution in [-0.4, -0.2) is 41.6 Å². The molecule has 5 heteroatoms. The maximum Gasteiger partial charge on any atom is 0.272 e. The minimum Gasteiger partial charge on any atom is -0.343 e. The van der Waals surface area contributed by atoms with Crippen molar-refractivity contribution in [2.45, 2.75) is 19.4 Å². The Morgan fingerprint density at radius 1 is 1.33 bits per heavy atom. The van der Waals surface area contributed by atoms with E-state index in [1.807, 2.05) is 51.4 Å². The number of likely N-dealkylation sites (N-methyl/N-ethyl adjacent to an activating group) is 1. The Balaban J connectivity index is 2.13. The molecule has 0 fully saturated rings. The molecule has 0 spiro atoms. The zero-order valence-electron chi connectivity index (χ0n) is 12.8. The number of carbonyl (C=O) groups excluding carboxylic acids is 1. The number of carbonyl (C=O) groups is 1. The lowest BCUT2D eigenvalue weighted by atomic mass is 10.1. The van der Waals surface area contributed by atoms with Crippen molar-refractivity contribution in [2.24, 2.45) is 0 Å². The summed E-state index contributed by atoms with van der Waals surface area (Å²) < 4.78 is 0. The van der Waals surface area contributed by atoms with Crippen LogP contribution in [0.5, 0.6) is 0 Å². The van der Waals surface area contributed by atoms with Crippen LogP contribution in [-0.2, 0) is 6.42 Å². The topological polar surface area (TPSA) is 61.0 Å². The van der Waals surface area contributed by atoms with Crippen LogP contribution in [0.2, 0.25) is 0 Å². The number of nitrogens with zero attached hydrogens (tertiary/aromatic N) is 2. The Labute approximate surface area is 125 Å². The van der Waals surface area contributed by atoms with Crippen LogP contribution in [0.4, 0.5) is 0 Å². The minimum atomic E-state index is -0.151. The number of hydrogen-bond donors (Lipinski definition) is 2. The Morgan fingerprint density at radius 3 is 2.62 bits per heavy atom. The van der Waals surface area contributed by atoms with Gasteiger partial charge in [-0.2, -0.15) is 5.10 Å². The SMILES string of the molecule is CCc1cc(C(=O)NC(CN(C)C)c2ccccc2)n[nH]1. The van der Waals surface area contributed by atoms with E-state index in [0.717, 1.165) is 24.2 Å². The van der Waals surface area contributed by atoms with Gasteiger partial charge in [-0.05, 0) is 32.1 Å². The first-order valence-electron chi connectivity index (χ1n) is 7.15. The molecule has 1 heterocycles. The van der Waals surface area contributed by atoms with E-state index in [9.17, 15) is 4.79 Å². The Kier molecular flexibility index (Phi) is 5.11. The van der Waals surface area contributed by atoms with Gasteiger partial charge in [0.25, 0.3) is 5.91 Å². The zero-order chi connectivity index (χ0) is 15.2. The first kappa shape index (κ1) is 15.3. The first-order valence-corrected chi connectivity index (χ1v) is 7.15. The third-order valence-electron chi connectivity index (χ3n) is 3.30. The summed E-state index contributed by atoms with van der Waals surface area (Å²) in [4.78, 5) is 14.4. The molecule has 0 aliphatic carbocycles. The second-order valence-corrected chi connectivity index (χ2v) is 5.33. The number of amides is 1. The van der Waals surface area contributed by atoms with Crippen LogP contribution < -0.4 is 5.32 Å². The maximum atomic E-state index is 12.3. The Hall–Kier alpha value is -2.14. The van der Waals surface area contributed by atoms with Crippen molar-refractivity contribution in [3.63, 3.8) is 0 Å². The smallest absolute Gasteiger partial charge is 0.272 e. The van der Waals surface area contributed by atoms with Gasteiger partial charge in [0.15, 0.2) is 0 Å². The maximum absolute atomic E-state index is 12.3. The zero-order valence-corrected chi connectivity index (χ0v) is 12.8. The van der Waals surface area contributed by atoms with E-state index in [1.165, 1.54) is 0 Å². The summed E-state index contributed by atoms with van der Waals surface area (Å²) in [6.45, 7) is 2.76. The fourth-order valence-electron chi connectivity index (χ4n) is 2.18. The molecule has 0 aliphatic rings. The number of hydrogen-bond acceptors (Lipinski definition) is 3. The summed E-state index contributed by atoms with van der Waals surface area (Å²) >= 11 is 0. The van der Waals surface area contributed by atoms with Gasteiger partial charge in [0, 0.05) is 12.2 Å². The normalized spacial score (nSPS) is 12.4. The molecule has 21 heavy (non-hydrogen) atoms. The molecule has 1 unspecified atom stereocenters. The monoisotopic (exact) mass is 286 g/mol. The van der Waals surface area contributed by atoms with Gasteiger partial charge in [0.1, 0.15) is 5.69 Å². The van der Waals surface area contributed by atoms with Crippen molar-refractivity contribution in [1.82, 2.24) is 20.4 Å². The molecule has 1 amide bonds. The molecule has 2 N–H and O–H groups in total. The van der Waals surface area contributed by atoms with E-state index in [1.54, 1.807) is 6.07 Å². The lowest BCUT2D eigenvalue weighted by Crippen LogP contribution is -2.35. The van der Waals surface area contributed by atoms with Crippen LogP contribution in [0.15, 0.2) is 36.4 Å². The molecule has 0 saturated carbocycles. The lowest BCUT2D eigenvalue weighted by Gasteiger charge is -2.22. The van der Waals surface area contributed by atoms with Crippen molar-refractivity contribution in [3.8, 4) is 0 Å². The van der Waals surface area contributed by atoms with Gasteiger partial charge in [0.05, 0.1) is 6.04 Å². The van der Waals surface area contributed by atoms with Crippen molar-refractivity contribution in [1.29, 1.82) is 0 Å². The van der Waals surface area contributed by atoms with Gasteiger partial charge < -0.3 is 10.2 Å². The van der Waals surface area contributed by atoms with Gasteiger partial charge in [-0.25, -0.2) is 0 Å². The van der Waals surface area contributed by atoms with Gasteiger partial charge in [-0.15, -0.1) is 0 Å². The van der Waals surface area contributed by atoms with Crippen molar-refractivity contribution in [3.05, 3.63) is 53.3 Å². The number of aromatic amines is 1. The highest BCUT2D eigenvalue weighted by molar-refractivity contribution is 5.92. The molecule has 0 bridgehead atoms. The predicted molar refractivity (Wildman–Crippen MR) is 83.2 cm³/mol. The molecular weight excluding hydrogens is 264 g/mol. The summed E-state index contributed by atoms with van der Waals surface area (Å²) in [5, 5.41) is 9.99. The molecule has 2 aromatic rings. The van der Waals surface area contributed by atoms with Gasteiger partial charge in [0.2, 0.25) is 0 Å². The first-order chi connectivity index (χ1) is 10.1. The second kappa shape index (κ2) is 7.04. The van der Waals surface area contributed by atoms with Gasteiger partial charge in [-0.1, -0.05) is 37.3 Å². The van der Waals surface area contributed by atoms with E-state index in [-0.39, 0.29) is 11.9 Å². The number of benzene rings is 1. The molecular formula is C16H22N4O. The highest BCUT2D eigenvalue weighted by atomic mass is 16.2. The molecule has 1 aromatic heterocycles. The van der Waals surface area contributed by atoms with Crippen LogP contribution in [0.3, 0.4) is 0 Å². The highest BCUT2D eigenvalue weighted by Gasteiger charge is 2.18. The summed E-state index contributed by atoms with van der Waals surface area (Å²) in [6, 6.07) is 11.7. The molecule has 112 valence electrons. The number of H-pyrrole nitrogens is 1. The summed E-state index contributed by atoms with van der Waals surface area (Å²) in [5.74, 6) is -0.151. The van der Waals surface area contributed by atoms with E-state index in [2.05, 4.69) is 20.4 Å². The molecule has 1 atom stereocenters. The number of rotatable bonds is 6. The number of aryl methyl sites for hydroxylation is 1. The van der Waals surface area contributed by atoms with Crippen LogP contribution >= 0.6 is 0 Å². The largest absolute Gasteiger partial charge is 0.343 e. The molecule has 0 aliphatic heterocycles. The van der Waals surface area contributed by atoms with Crippen LogP contribution in [0, 0.1) is 0 Å². The van der Waals surface area contributed by atoms with E-state index in [0.29, 0.717) is 5.69 Å².